The number of carbonyl (C=O) groups excluding carboxylic acids is 1. The van der Waals surface area contributed by atoms with Crippen molar-refractivity contribution in [3.8, 4) is 6.07 Å². The second-order valence-electron chi connectivity index (χ2n) is 5.17. The first-order chi connectivity index (χ1) is 11.6. The monoisotopic (exact) mass is 340 g/mol. The standard InChI is InChI=1S/C18H20N4OS/c1-4-22(5-2)18(23)14-7-6-8-16(9-14)20-11-15(10-19)17-21-13(3)12-24-17/h6-9,11-12,20H,4-5H2,1-3H3/b15-11+. The van der Waals surface area contributed by atoms with E-state index in [0.29, 0.717) is 29.2 Å². The van der Waals surface area contributed by atoms with Crippen molar-refractivity contribution in [3.63, 3.8) is 0 Å². The summed E-state index contributed by atoms with van der Waals surface area (Å²) in [5.41, 5.74) is 2.74. The lowest BCUT2D eigenvalue weighted by Crippen LogP contribution is -2.30. The summed E-state index contributed by atoms with van der Waals surface area (Å²) in [6.07, 6.45) is 1.62. The molecule has 0 saturated heterocycles. The van der Waals surface area contributed by atoms with Crippen molar-refractivity contribution in [3.05, 3.63) is 52.1 Å². The first-order valence-corrected chi connectivity index (χ1v) is 8.65. The van der Waals surface area contributed by atoms with Crippen molar-refractivity contribution in [1.82, 2.24) is 9.88 Å². The zero-order chi connectivity index (χ0) is 17.5. The number of hydrogen-bond acceptors (Lipinski definition) is 5. The van der Waals surface area contributed by atoms with Gasteiger partial charge in [0.1, 0.15) is 16.6 Å². The highest BCUT2D eigenvalue weighted by Crippen LogP contribution is 2.19. The molecular weight excluding hydrogens is 320 g/mol. The van der Waals surface area contributed by atoms with Gasteiger partial charge in [-0.3, -0.25) is 4.79 Å². The van der Waals surface area contributed by atoms with Crippen molar-refractivity contribution in [2.45, 2.75) is 20.8 Å². The van der Waals surface area contributed by atoms with Gasteiger partial charge in [-0.15, -0.1) is 11.3 Å². The fraction of sp³-hybridized carbons (Fsp3) is 0.278. The minimum absolute atomic E-state index is 0.00341. The van der Waals surface area contributed by atoms with E-state index in [-0.39, 0.29) is 5.91 Å². The second-order valence-corrected chi connectivity index (χ2v) is 6.02. The van der Waals surface area contributed by atoms with E-state index in [1.54, 1.807) is 23.2 Å². The molecule has 5 nitrogen and oxygen atoms in total. The van der Waals surface area contributed by atoms with Gasteiger partial charge >= 0.3 is 0 Å². The first-order valence-electron chi connectivity index (χ1n) is 7.77. The topological polar surface area (TPSA) is 69.0 Å². The molecule has 0 fully saturated rings. The van der Waals surface area contributed by atoms with Gasteiger partial charge in [-0.25, -0.2) is 4.98 Å². The fourth-order valence-electron chi connectivity index (χ4n) is 2.21. The molecule has 1 aromatic carbocycles. The molecule has 0 unspecified atom stereocenters. The molecule has 6 heteroatoms. The normalized spacial score (nSPS) is 11.0. The zero-order valence-electron chi connectivity index (χ0n) is 14.0. The van der Waals surface area contributed by atoms with Gasteiger partial charge in [0.15, 0.2) is 0 Å². The number of benzene rings is 1. The van der Waals surface area contributed by atoms with Gasteiger partial charge in [0.05, 0.1) is 0 Å². The number of amides is 1. The molecule has 0 saturated carbocycles. The van der Waals surface area contributed by atoms with Crippen LogP contribution in [0.15, 0.2) is 35.8 Å². The number of aromatic nitrogens is 1. The van der Waals surface area contributed by atoms with Gasteiger partial charge in [0.2, 0.25) is 0 Å². The van der Waals surface area contributed by atoms with E-state index in [1.807, 2.05) is 38.3 Å². The van der Waals surface area contributed by atoms with Crippen molar-refractivity contribution in [2.75, 3.05) is 18.4 Å². The molecule has 2 rings (SSSR count). The van der Waals surface area contributed by atoms with E-state index < -0.39 is 0 Å². The minimum Gasteiger partial charge on any atom is -0.360 e. The Bertz CT molecular complexity index is 784. The molecule has 1 heterocycles. The molecule has 0 radical (unpaired) electrons. The summed E-state index contributed by atoms with van der Waals surface area (Å²) in [4.78, 5) is 18.5. The van der Waals surface area contributed by atoms with Gasteiger partial charge in [0, 0.05) is 41.6 Å². The Morgan fingerprint density at radius 3 is 2.75 bits per heavy atom. The van der Waals surface area contributed by atoms with Crippen LogP contribution in [0.5, 0.6) is 0 Å². The highest BCUT2D eigenvalue weighted by molar-refractivity contribution is 7.10. The molecule has 124 valence electrons. The van der Waals surface area contributed by atoms with Gasteiger partial charge in [0.25, 0.3) is 5.91 Å². The molecule has 0 aliphatic carbocycles. The van der Waals surface area contributed by atoms with Gasteiger partial charge in [-0.1, -0.05) is 6.07 Å². The lowest BCUT2D eigenvalue weighted by Gasteiger charge is -2.18. The van der Waals surface area contributed by atoms with Crippen LogP contribution < -0.4 is 5.32 Å². The quantitative estimate of drug-likeness (QED) is 0.810. The lowest BCUT2D eigenvalue weighted by atomic mass is 10.1. The lowest BCUT2D eigenvalue weighted by molar-refractivity contribution is 0.0773. The van der Waals surface area contributed by atoms with E-state index >= 15 is 0 Å². The van der Waals surface area contributed by atoms with Crippen LogP contribution in [0, 0.1) is 18.3 Å². The number of hydrogen-bond donors (Lipinski definition) is 1. The Kier molecular flexibility index (Phi) is 6.10. The van der Waals surface area contributed by atoms with Crippen LogP contribution >= 0.6 is 11.3 Å². The number of thiazole rings is 1. The molecule has 1 amide bonds. The van der Waals surface area contributed by atoms with Crippen LogP contribution in [0.3, 0.4) is 0 Å². The van der Waals surface area contributed by atoms with E-state index in [2.05, 4.69) is 16.4 Å². The molecule has 1 N–H and O–H groups in total. The first kappa shape index (κ1) is 17.7. The van der Waals surface area contributed by atoms with Crippen molar-refractivity contribution >= 4 is 28.5 Å². The van der Waals surface area contributed by atoms with Crippen molar-refractivity contribution in [2.24, 2.45) is 0 Å². The number of aryl methyl sites for hydroxylation is 1. The van der Waals surface area contributed by atoms with Gasteiger partial charge < -0.3 is 10.2 Å². The predicted octanol–water partition coefficient (Wildman–Crippen LogP) is 3.91. The maximum absolute atomic E-state index is 12.4. The molecule has 0 atom stereocenters. The number of nitrogens with one attached hydrogen (secondary N) is 1. The average Bonchev–Trinajstić information content (AvgIpc) is 3.03. The third-order valence-corrected chi connectivity index (χ3v) is 4.51. The summed E-state index contributed by atoms with van der Waals surface area (Å²) in [5, 5.41) is 15.0. The summed E-state index contributed by atoms with van der Waals surface area (Å²) in [6.45, 7) is 7.16. The maximum atomic E-state index is 12.4. The summed E-state index contributed by atoms with van der Waals surface area (Å²) in [6, 6.07) is 9.42. The van der Waals surface area contributed by atoms with Crippen LogP contribution in [0.4, 0.5) is 5.69 Å². The largest absolute Gasteiger partial charge is 0.360 e. The Balaban J connectivity index is 2.19. The van der Waals surface area contributed by atoms with Crippen LogP contribution in [0.25, 0.3) is 5.57 Å². The Morgan fingerprint density at radius 1 is 1.42 bits per heavy atom. The van der Waals surface area contributed by atoms with Crippen LogP contribution in [-0.4, -0.2) is 28.9 Å². The van der Waals surface area contributed by atoms with E-state index in [4.69, 9.17) is 0 Å². The third-order valence-electron chi connectivity index (χ3n) is 3.51. The SMILES string of the molecule is CCN(CC)C(=O)c1cccc(N/C=C(\C#N)c2nc(C)cs2)c1. The van der Waals surface area contributed by atoms with Crippen LogP contribution in [0.1, 0.15) is 34.9 Å². The number of carbonyl (C=O) groups is 1. The summed E-state index contributed by atoms with van der Waals surface area (Å²) in [7, 11) is 0. The minimum atomic E-state index is 0.00341. The van der Waals surface area contributed by atoms with E-state index in [0.717, 1.165) is 11.4 Å². The average molecular weight is 340 g/mol. The Hall–Kier alpha value is -2.65. The Morgan fingerprint density at radius 2 is 2.17 bits per heavy atom. The van der Waals surface area contributed by atoms with Gasteiger partial charge in [-0.2, -0.15) is 5.26 Å². The van der Waals surface area contributed by atoms with Crippen LogP contribution in [0.2, 0.25) is 0 Å². The highest BCUT2D eigenvalue weighted by Gasteiger charge is 2.12. The molecule has 0 spiro atoms. The Labute approximate surface area is 146 Å². The predicted molar refractivity (Wildman–Crippen MR) is 97.8 cm³/mol. The highest BCUT2D eigenvalue weighted by atomic mass is 32.1. The van der Waals surface area contributed by atoms with Crippen LogP contribution in [-0.2, 0) is 0 Å². The maximum Gasteiger partial charge on any atom is 0.253 e. The second kappa shape index (κ2) is 8.27. The molecule has 0 aliphatic rings. The molecule has 2 aromatic rings. The third kappa shape index (κ3) is 4.21. The summed E-state index contributed by atoms with van der Waals surface area (Å²) < 4.78 is 0. The van der Waals surface area contributed by atoms with E-state index in [1.165, 1.54) is 11.3 Å². The van der Waals surface area contributed by atoms with E-state index in [9.17, 15) is 10.1 Å². The van der Waals surface area contributed by atoms with Crippen molar-refractivity contribution in [1.29, 1.82) is 5.26 Å². The zero-order valence-corrected chi connectivity index (χ0v) is 14.9. The number of nitrogens with zero attached hydrogens (tertiary/aromatic N) is 3. The number of nitriles is 1. The van der Waals surface area contributed by atoms with Gasteiger partial charge in [-0.05, 0) is 39.0 Å². The van der Waals surface area contributed by atoms with Crippen molar-refractivity contribution < 1.29 is 4.79 Å². The molecule has 0 aliphatic heterocycles. The number of allylic oxidation sites excluding steroid dienone is 1. The molecule has 24 heavy (non-hydrogen) atoms. The summed E-state index contributed by atoms with van der Waals surface area (Å²) in [5.74, 6) is 0.00341. The smallest absolute Gasteiger partial charge is 0.253 e. The molecule has 1 aromatic heterocycles. The fourth-order valence-corrected chi connectivity index (χ4v) is 2.97. The molecule has 0 bridgehead atoms. The number of anilines is 1. The number of rotatable bonds is 6. The molecular formula is C18H20N4OS. The summed E-state index contributed by atoms with van der Waals surface area (Å²) >= 11 is 1.43.